The van der Waals surface area contributed by atoms with Gasteiger partial charge in [-0.3, -0.25) is 9.59 Å². The number of hydrogen-bond acceptors (Lipinski definition) is 4. The van der Waals surface area contributed by atoms with E-state index in [4.69, 9.17) is 9.84 Å². The average Bonchev–Trinajstić information content (AvgIpc) is 2.78. The summed E-state index contributed by atoms with van der Waals surface area (Å²) < 4.78 is 5.45. The van der Waals surface area contributed by atoms with Gasteiger partial charge in [0.05, 0.1) is 6.10 Å². The van der Waals surface area contributed by atoms with Gasteiger partial charge in [-0.25, -0.2) is 0 Å². The van der Waals surface area contributed by atoms with Crippen LogP contribution in [0.5, 0.6) is 0 Å². The van der Waals surface area contributed by atoms with E-state index in [1.807, 2.05) is 0 Å². The van der Waals surface area contributed by atoms with Crippen molar-refractivity contribution in [3.05, 3.63) is 11.8 Å². The molecule has 0 amide bonds. The molecular formula is C13H21NO4. The molecule has 0 saturated carbocycles. The van der Waals surface area contributed by atoms with Crippen molar-refractivity contribution in [3.63, 3.8) is 0 Å². The topological polar surface area (TPSA) is 75.6 Å². The lowest BCUT2D eigenvalue weighted by Gasteiger charge is -2.16. The highest BCUT2D eigenvalue weighted by molar-refractivity contribution is 6.08. The molecule has 2 N–H and O–H groups in total. The standard InChI is InChI=1S/C13H21NO4/c1-9(14-8-10-5-4-6-18-10)7-11(15)13(2,3)12(16)17/h7,10,14H,4-6,8H2,1-3H3,(H,16,17). The Hall–Kier alpha value is -1.36. The van der Waals surface area contributed by atoms with E-state index in [0.29, 0.717) is 12.2 Å². The average molecular weight is 255 g/mol. The number of ether oxygens (including phenoxy) is 1. The van der Waals surface area contributed by atoms with E-state index in [1.54, 1.807) is 6.92 Å². The molecule has 0 bridgehead atoms. The van der Waals surface area contributed by atoms with Gasteiger partial charge in [-0.15, -0.1) is 0 Å². The van der Waals surface area contributed by atoms with Gasteiger partial charge in [-0.2, -0.15) is 0 Å². The second-order valence-electron chi connectivity index (χ2n) is 5.14. The van der Waals surface area contributed by atoms with Crippen LogP contribution in [0, 0.1) is 5.41 Å². The van der Waals surface area contributed by atoms with E-state index < -0.39 is 17.2 Å². The van der Waals surface area contributed by atoms with Crippen LogP contribution < -0.4 is 5.32 Å². The first-order valence-electron chi connectivity index (χ1n) is 6.15. The SMILES string of the molecule is CC(=CC(=O)C(C)(C)C(=O)O)NCC1CCCO1. The number of aliphatic carboxylic acids is 1. The molecule has 0 spiro atoms. The number of hydrogen-bond donors (Lipinski definition) is 2. The number of carboxylic acid groups (broad SMARTS) is 1. The fraction of sp³-hybridized carbons (Fsp3) is 0.692. The van der Waals surface area contributed by atoms with E-state index in [0.717, 1.165) is 19.4 Å². The van der Waals surface area contributed by atoms with Gasteiger partial charge < -0.3 is 15.2 Å². The third kappa shape index (κ3) is 3.84. The molecule has 0 radical (unpaired) electrons. The van der Waals surface area contributed by atoms with Crippen LogP contribution in [0.3, 0.4) is 0 Å². The van der Waals surface area contributed by atoms with Crippen molar-refractivity contribution in [2.24, 2.45) is 5.41 Å². The van der Waals surface area contributed by atoms with Crippen molar-refractivity contribution in [3.8, 4) is 0 Å². The molecule has 1 heterocycles. The van der Waals surface area contributed by atoms with Crippen molar-refractivity contribution in [1.82, 2.24) is 5.32 Å². The minimum absolute atomic E-state index is 0.191. The summed E-state index contributed by atoms with van der Waals surface area (Å²) in [5.74, 6) is -1.52. The molecule has 1 unspecified atom stereocenters. The maximum absolute atomic E-state index is 11.8. The quantitative estimate of drug-likeness (QED) is 0.553. The fourth-order valence-electron chi connectivity index (χ4n) is 1.61. The number of ketones is 1. The molecule has 5 nitrogen and oxygen atoms in total. The van der Waals surface area contributed by atoms with Crippen molar-refractivity contribution in [2.75, 3.05) is 13.2 Å². The van der Waals surface area contributed by atoms with Gasteiger partial charge in [-0.05, 0) is 33.6 Å². The van der Waals surface area contributed by atoms with Crippen LogP contribution in [0.4, 0.5) is 0 Å². The summed E-state index contributed by atoms with van der Waals surface area (Å²) in [5.41, 5.74) is -0.711. The van der Waals surface area contributed by atoms with Gasteiger partial charge in [0.1, 0.15) is 5.41 Å². The zero-order valence-electron chi connectivity index (χ0n) is 11.2. The Morgan fingerprint density at radius 2 is 2.17 bits per heavy atom. The molecule has 0 aliphatic carbocycles. The van der Waals surface area contributed by atoms with Crippen LogP contribution >= 0.6 is 0 Å². The summed E-state index contributed by atoms with van der Waals surface area (Å²) in [6.07, 6.45) is 3.63. The zero-order valence-corrected chi connectivity index (χ0v) is 11.2. The molecule has 102 valence electrons. The Bertz CT molecular complexity index is 354. The van der Waals surface area contributed by atoms with E-state index >= 15 is 0 Å². The first kappa shape index (κ1) is 14.7. The molecule has 0 aromatic carbocycles. The number of carboxylic acids is 1. The Kier molecular flexibility index (Phi) is 4.90. The maximum atomic E-state index is 11.8. The minimum Gasteiger partial charge on any atom is -0.481 e. The van der Waals surface area contributed by atoms with E-state index in [9.17, 15) is 9.59 Å². The minimum atomic E-state index is -1.38. The molecule has 0 aromatic heterocycles. The summed E-state index contributed by atoms with van der Waals surface area (Å²) in [7, 11) is 0. The first-order valence-corrected chi connectivity index (χ1v) is 6.15. The van der Waals surface area contributed by atoms with Crippen molar-refractivity contribution < 1.29 is 19.4 Å². The summed E-state index contributed by atoms with van der Waals surface area (Å²) >= 11 is 0. The second-order valence-corrected chi connectivity index (χ2v) is 5.14. The van der Waals surface area contributed by atoms with Crippen LogP contribution in [0.2, 0.25) is 0 Å². The Labute approximate surface area is 107 Å². The molecule has 1 atom stereocenters. The fourth-order valence-corrected chi connectivity index (χ4v) is 1.61. The predicted molar refractivity (Wildman–Crippen MR) is 67.2 cm³/mol. The van der Waals surface area contributed by atoms with E-state index in [-0.39, 0.29) is 6.10 Å². The normalized spacial score (nSPS) is 20.8. The third-order valence-corrected chi connectivity index (χ3v) is 3.13. The van der Waals surface area contributed by atoms with Crippen molar-refractivity contribution in [2.45, 2.75) is 39.7 Å². The number of allylic oxidation sites excluding steroid dienone is 2. The number of carbonyl (C=O) groups excluding carboxylic acids is 1. The van der Waals surface area contributed by atoms with Crippen LogP contribution in [0.25, 0.3) is 0 Å². The third-order valence-electron chi connectivity index (χ3n) is 3.13. The monoisotopic (exact) mass is 255 g/mol. The highest BCUT2D eigenvalue weighted by Gasteiger charge is 2.34. The van der Waals surface area contributed by atoms with Gasteiger partial charge >= 0.3 is 5.97 Å². The van der Waals surface area contributed by atoms with Gasteiger partial charge in [0.25, 0.3) is 0 Å². The first-order chi connectivity index (χ1) is 8.34. The molecule has 1 saturated heterocycles. The van der Waals surface area contributed by atoms with Crippen LogP contribution in [0.1, 0.15) is 33.6 Å². The molecule has 0 aromatic rings. The lowest BCUT2D eigenvalue weighted by molar-refractivity contribution is -0.151. The van der Waals surface area contributed by atoms with Crippen molar-refractivity contribution in [1.29, 1.82) is 0 Å². The molecule has 1 rings (SSSR count). The summed E-state index contributed by atoms with van der Waals surface area (Å²) in [6.45, 7) is 6.01. The van der Waals surface area contributed by atoms with Gasteiger partial charge in [0, 0.05) is 24.9 Å². The molecule has 1 aliphatic heterocycles. The summed E-state index contributed by atoms with van der Waals surface area (Å²) in [6, 6.07) is 0. The Morgan fingerprint density at radius 3 is 2.67 bits per heavy atom. The smallest absolute Gasteiger partial charge is 0.316 e. The highest BCUT2D eigenvalue weighted by atomic mass is 16.5. The predicted octanol–water partition coefficient (Wildman–Crippen LogP) is 1.34. The van der Waals surface area contributed by atoms with E-state index in [1.165, 1.54) is 19.9 Å². The van der Waals surface area contributed by atoms with E-state index in [2.05, 4.69) is 5.32 Å². The summed E-state index contributed by atoms with van der Waals surface area (Å²) in [5, 5.41) is 12.0. The van der Waals surface area contributed by atoms with Crippen molar-refractivity contribution >= 4 is 11.8 Å². The molecule has 1 aliphatic rings. The second kappa shape index (κ2) is 6.00. The number of rotatable bonds is 6. The molecule has 1 fully saturated rings. The Morgan fingerprint density at radius 1 is 1.50 bits per heavy atom. The van der Waals surface area contributed by atoms with Crippen LogP contribution in [-0.4, -0.2) is 36.1 Å². The van der Waals surface area contributed by atoms with Gasteiger partial charge in [-0.1, -0.05) is 0 Å². The van der Waals surface area contributed by atoms with Gasteiger partial charge in [0.2, 0.25) is 0 Å². The van der Waals surface area contributed by atoms with Crippen LogP contribution in [-0.2, 0) is 14.3 Å². The summed E-state index contributed by atoms with van der Waals surface area (Å²) in [4.78, 5) is 22.7. The molecule has 18 heavy (non-hydrogen) atoms. The zero-order chi connectivity index (χ0) is 13.8. The van der Waals surface area contributed by atoms with Gasteiger partial charge in [0.15, 0.2) is 5.78 Å². The maximum Gasteiger partial charge on any atom is 0.316 e. The lowest BCUT2D eigenvalue weighted by Crippen LogP contribution is -2.33. The molecular weight excluding hydrogens is 234 g/mol. The molecule has 5 heteroatoms. The van der Waals surface area contributed by atoms with Crippen LogP contribution in [0.15, 0.2) is 11.8 Å². The Balaban J connectivity index is 2.49. The largest absolute Gasteiger partial charge is 0.481 e. The number of carbonyl (C=O) groups is 2. The lowest BCUT2D eigenvalue weighted by atomic mass is 9.88. The highest BCUT2D eigenvalue weighted by Crippen LogP contribution is 2.18. The number of nitrogens with one attached hydrogen (secondary N) is 1.